The van der Waals surface area contributed by atoms with Gasteiger partial charge in [0.15, 0.2) is 5.78 Å². The van der Waals surface area contributed by atoms with Gasteiger partial charge in [0.05, 0.1) is 35.9 Å². The molecule has 2 aromatic carbocycles. The molecule has 7 heteroatoms. The fourth-order valence-electron chi connectivity index (χ4n) is 7.70. The number of nitrogens with zero attached hydrogens (tertiary/aromatic N) is 2. The summed E-state index contributed by atoms with van der Waals surface area (Å²) in [6.07, 6.45) is 13.6. The van der Waals surface area contributed by atoms with Crippen molar-refractivity contribution in [3.63, 3.8) is 0 Å². The minimum absolute atomic E-state index is 0.233. The van der Waals surface area contributed by atoms with E-state index in [0.717, 1.165) is 109 Å². The average molecular weight is 533 g/mol. The Hall–Kier alpha value is -3.55. The van der Waals surface area contributed by atoms with Gasteiger partial charge in [-0.25, -0.2) is 9.97 Å². The molecule has 1 spiro atoms. The fourth-order valence-corrected chi connectivity index (χ4v) is 7.70. The number of benzene rings is 2. The maximum atomic E-state index is 14.2. The lowest BCUT2D eigenvalue weighted by Crippen LogP contribution is -2.24. The normalized spacial score (nSPS) is 23.4. The molecular weight excluding hydrogens is 496 g/mol. The zero-order valence-electron chi connectivity index (χ0n) is 22.9. The molecule has 4 heterocycles. The minimum Gasteiger partial charge on any atom is -0.341 e. The Bertz CT molecular complexity index is 1560. The Morgan fingerprint density at radius 1 is 0.700 bits per heavy atom. The minimum atomic E-state index is -0.233. The van der Waals surface area contributed by atoms with E-state index >= 15 is 0 Å². The van der Waals surface area contributed by atoms with Gasteiger partial charge in [-0.2, -0.15) is 0 Å². The highest BCUT2D eigenvalue weighted by Gasteiger charge is 2.49. The van der Waals surface area contributed by atoms with Crippen LogP contribution >= 0.6 is 0 Å². The summed E-state index contributed by atoms with van der Waals surface area (Å²) in [5.41, 5.74) is 8.34. The van der Waals surface area contributed by atoms with Crippen molar-refractivity contribution in [3.8, 4) is 33.6 Å². The zero-order chi connectivity index (χ0) is 26.7. The molecular formula is C33H36N6O. The predicted molar refractivity (Wildman–Crippen MR) is 156 cm³/mol. The molecule has 4 aliphatic rings. The van der Waals surface area contributed by atoms with Crippen molar-refractivity contribution in [3.05, 3.63) is 71.6 Å². The molecule has 7 nitrogen and oxygen atoms in total. The predicted octanol–water partition coefficient (Wildman–Crippen LogP) is 6.28. The van der Waals surface area contributed by atoms with E-state index in [1.807, 2.05) is 12.4 Å². The number of Topliss-reactive ketones (excluding diaryl/α,β-unsaturated/α-hetero) is 1. The largest absolute Gasteiger partial charge is 0.341 e. The van der Waals surface area contributed by atoms with Crippen LogP contribution < -0.4 is 10.6 Å². The van der Waals surface area contributed by atoms with Gasteiger partial charge in [0.2, 0.25) is 0 Å². The maximum absolute atomic E-state index is 14.2. The number of imidazole rings is 2. The van der Waals surface area contributed by atoms with Crippen LogP contribution in [0, 0.1) is 5.41 Å². The van der Waals surface area contributed by atoms with E-state index in [4.69, 9.17) is 4.98 Å². The molecule has 40 heavy (non-hydrogen) atoms. The molecule has 2 atom stereocenters. The van der Waals surface area contributed by atoms with Crippen LogP contribution in [0.15, 0.2) is 48.8 Å². The second-order valence-corrected chi connectivity index (χ2v) is 12.2. The van der Waals surface area contributed by atoms with Gasteiger partial charge in [-0.15, -0.1) is 0 Å². The highest BCUT2D eigenvalue weighted by molar-refractivity contribution is 6.11. The molecule has 204 valence electrons. The summed E-state index contributed by atoms with van der Waals surface area (Å²) in [6, 6.07) is 13.6. The second kappa shape index (κ2) is 9.53. The molecule has 2 aliphatic heterocycles. The van der Waals surface area contributed by atoms with E-state index in [9.17, 15) is 4.79 Å². The molecule has 2 aromatic heterocycles. The van der Waals surface area contributed by atoms with Crippen molar-refractivity contribution >= 4 is 5.78 Å². The molecule has 4 aromatic rings. The molecule has 3 fully saturated rings. The van der Waals surface area contributed by atoms with Crippen LogP contribution in [0.1, 0.15) is 91.0 Å². The highest BCUT2D eigenvalue weighted by Crippen LogP contribution is 2.52. The third-order valence-corrected chi connectivity index (χ3v) is 9.87. The number of aromatic nitrogens is 4. The van der Waals surface area contributed by atoms with Crippen molar-refractivity contribution in [2.24, 2.45) is 5.41 Å². The molecule has 2 aliphatic carbocycles. The van der Waals surface area contributed by atoms with Gasteiger partial charge >= 0.3 is 0 Å². The van der Waals surface area contributed by atoms with Crippen molar-refractivity contribution in [1.82, 2.24) is 30.6 Å². The van der Waals surface area contributed by atoms with Crippen LogP contribution in [0.3, 0.4) is 0 Å². The Morgan fingerprint density at radius 3 is 1.95 bits per heavy atom. The molecule has 1 saturated carbocycles. The number of ketones is 1. The quantitative estimate of drug-likeness (QED) is 0.242. The molecule has 0 radical (unpaired) electrons. The number of nitrogens with one attached hydrogen (secondary N) is 4. The first-order chi connectivity index (χ1) is 19.7. The molecule has 0 unspecified atom stereocenters. The number of H-pyrrole nitrogens is 2. The zero-order valence-corrected chi connectivity index (χ0v) is 22.9. The topological polar surface area (TPSA) is 98.5 Å². The average Bonchev–Trinajstić information content (AvgIpc) is 3.83. The van der Waals surface area contributed by atoms with E-state index in [2.05, 4.69) is 62.0 Å². The number of hydrogen-bond acceptors (Lipinski definition) is 5. The van der Waals surface area contributed by atoms with Crippen LogP contribution in [0.25, 0.3) is 33.6 Å². The van der Waals surface area contributed by atoms with Gasteiger partial charge in [-0.3, -0.25) is 4.79 Å². The van der Waals surface area contributed by atoms with E-state index in [-0.39, 0.29) is 5.41 Å². The monoisotopic (exact) mass is 532 g/mol. The number of rotatable bonds is 5. The van der Waals surface area contributed by atoms with E-state index in [1.165, 1.54) is 18.4 Å². The smallest absolute Gasteiger partial charge is 0.170 e. The standard InChI is InChI=1S/C33H36N6O/c40-30-29-22(20-7-9-21(10-8-20)27-18-36-31(38-27)25-5-3-15-34-25)11-12-23(24(29)17-33(30)13-1-2-14-33)28-19-37-32(39-28)26-6-4-16-35-26/h7-12,18-19,25-26,34-35H,1-6,13-17H2,(H,36,38)(H,37,39)/t25-,26-/m0/s1. The Labute approximate surface area is 234 Å². The first kappa shape index (κ1) is 24.3. The van der Waals surface area contributed by atoms with Crippen molar-refractivity contribution in [1.29, 1.82) is 0 Å². The third-order valence-electron chi connectivity index (χ3n) is 9.87. The highest BCUT2D eigenvalue weighted by atomic mass is 16.1. The Balaban J connectivity index is 1.16. The van der Waals surface area contributed by atoms with Crippen LogP contribution in [0.5, 0.6) is 0 Å². The lowest BCUT2D eigenvalue weighted by atomic mass is 9.81. The SMILES string of the molecule is O=C1c2c(-c3ccc(-c4cnc([C@@H]5CCCN5)[nH]4)cc3)ccc(-c3cnc([C@@H]4CCCN4)[nH]3)c2CC12CCCC2. The summed E-state index contributed by atoms with van der Waals surface area (Å²) in [4.78, 5) is 30.7. The van der Waals surface area contributed by atoms with Gasteiger partial charge in [-0.1, -0.05) is 49.2 Å². The summed E-state index contributed by atoms with van der Waals surface area (Å²) in [6.45, 7) is 2.09. The Morgan fingerprint density at radius 2 is 1.30 bits per heavy atom. The van der Waals surface area contributed by atoms with E-state index < -0.39 is 0 Å². The van der Waals surface area contributed by atoms with Crippen molar-refractivity contribution in [2.45, 2.75) is 69.9 Å². The summed E-state index contributed by atoms with van der Waals surface area (Å²) >= 11 is 0. The molecule has 4 N–H and O–H groups in total. The van der Waals surface area contributed by atoms with Crippen molar-refractivity contribution < 1.29 is 4.79 Å². The van der Waals surface area contributed by atoms with Crippen molar-refractivity contribution in [2.75, 3.05) is 13.1 Å². The Kier molecular flexibility index (Phi) is 5.78. The van der Waals surface area contributed by atoms with Gasteiger partial charge in [0.1, 0.15) is 11.6 Å². The summed E-state index contributed by atoms with van der Waals surface area (Å²) in [7, 11) is 0. The van der Waals surface area contributed by atoms with Crippen LogP contribution in [0.4, 0.5) is 0 Å². The number of fused-ring (bicyclic) bond motifs is 1. The second-order valence-electron chi connectivity index (χ2n) is 12.2. The lowest BCUT2D eigenvalue weighted by Gasteiger charge is -2.20. The lowest BCUT2D eigenvalue weighted by molar-refractivity contribution is 0.0827. The summed E-state index contributed by atoms with van der Waals surface area (Å²) < 4.78 is 0. The van der Waals surface area contributed by atoms with Gasteiger partial charge in [0.25, 0.3) is 0 Å². The van der Waals surface area contributed by atoms with Crippen LogP contribution in [-0.4, -0.2) is 38.8 Å². The molecule has 2 saturated heterocycles. The maximum Gasteiger partial charge on any atom is 0.170 e. The molecule has 0 amide bonds. The van der Waals surface area contributed by atoms with Gasteiger partial charge in [0, 0.05) is 16.5 Å². The number of hydrogen-bond donors (Lipinski definition) is 4. The fraction of sp³-hybridized carbons (Fsp3) is 0.424. The molecule has 0 bridgehead atoms. The van der Waals surface area contributed by atoms with Gasteiger partial charge < -0.3 is 20.6 Å². The number of aromatic amines is 2. The number of carbonyl (C=O) groups excluding carboxylic acids is 1. The summed E-state index contributed by atoms with van der Waals surface area (Å²) in [5, 5.41) is 7.06. The third kappa shape index (κ3) is 3.90. The first-order valence-corrected chi connectivity index (χ1v) is 15.1. The van der Waals surface area contributed by atoms with E-state index in [1.54, 1.807) is 0 Å². The van der Waals surface area contributed by atoms with Gasteiger partial charge in [-0.05, 0) is 80.3 Å². The number of carbonyl (C=O) groups is 1. The van der Waals surface area contributed by atoms with E-state index in [0.29, 0.717) is 17.9 Å². The summed E-state index contributed by atoms with van der Waals surface area (Å²) in [5.74, 6) is 2.37. The molecule has 8 rings (SSSR count). The first-order valence-electron chi connectivity index (χ1n) is 15.1. The van der Waals surface area contributed by atoms with Crippen LogP contribution in [-0.2, 0) is 6.42 Å². The van der Waals surface area contributed by atoms with Crippen LogP contribution in [0.2, 0.25) is 0 Å².